The molecule has 188 valence electrons. The van der Waals surface area contributed by atoms with Crippen molar-refractivity contribution in [2.75, 3.05) is 0 Å². The Morgan fingerprint density at radius 1 is 0.947 bits per heavy atom. The monoisotopic (exact) mass is 559 g/mol. The molecule has 11 heteroatoms. The number of benzene rings is 3. The highest BCUT2D eigenvalue weighted by Crippen LogP contribution is 2.32. The number of rotatable bonds is 6. The predicted molar refractivity (Wildman–Crippen MR) is 151 cm³/mol. The van der Waals surface area contributed by atoms with Crippen LogP contribution in [-0.4, -0.2) is 34.7 Å². The fourth-order valence-corrected chi connectivity index (χ4v) is 5.69. The number of nitrogens with one attached hydrogen (secondary N) is 1. The van der Waals surface area contributed by atoms with E-state index >= 15 is 0 Å². The Morgan fingerprint density at radius 3 is 2.42 bits per heavy atom. The molecule has 0 radical (unpaired) electrons. The second-order valence-electron chi connectivity index (χ2n) is 8.45. The Hall–Kier alpha value is -3.92. The molecule has 6 rings (SSSR count). The minimum Gasteiger partial charge on any atom is -0.270 e. The smallest absolute Gasteiger partial charge is 0.270 e. The largest absolute Gasteiger partial charge is 0.292 e. The van der Waals surface area contributed by atoms with E-state index < -0.39 is 0 Å². The zero-order valence-corrected chi connectivity index (χ0v) is 22.3. The highest BCUT2D eigenvalue weighted by atomic mass is 35.5. The summed E-state index contributed by atoms with van der Waals surface area (Å²) < 4.78 is 3.67. The van der Waals surface area contributed by atoms with Gasteiger partial charge in [0.15, 0.2) is 16.5 Å². The second kappa shape index (κ2) is 10.1. The molecule has 0 atom stereocenters. The highest BCUT2D eigenvalue weighted by molar-refractivity contribution is 7.98. The van der Waals surface area contributed by atoms with E-state index in [0.717, 1.165) is 22.8 Å². The van der Waals surface area contributed by atoms with Crippen LogP contribution in [0.15, 0.2) is 88.8 Å². The Morgan fingerprint density at radius 2 is 1.68 bits per heavy atom. The van der Waals surface area contributed by atoms with Crippen molar-refractivity contribution in [2.45, 2.75) is 17.8 Å². The predicted octanol–water partition coefficient (Wildman–Crippen LogP) is 6.26. The number of hydrogen-bond acceptors (Lipinski definition) is 6. The second-order valence-corrected chi connectivity index (χ2v) is 10.2. The minimum atomic E-state index is -0.375. The van der Waals surface area contributed by atoms with Crippen LogP contribution in [0, 0.1) is 6.92 Å². The molecule has 8 nitrogen and oxygen atoms in total. The number of fused-ring (bicyclic) bond motifs is 1. The first kappa shape index (κ1) is 24.4. The van der Waals surface area contributed by atoms with Crippen LogP contribution in [0.25, 0.3) is 33.7 Å². The lowest BCUT2D eigenvalue weighted by Gasteiger charge is -2.10. The van der Waals surface area contributed by atoms with E-state index in [2.05, 4.69) is 25.5 Å². The SMILES string of the molecule is Cc1c2c(CSc3nnc(-c4ccccc4)n3-c3ccccc3)n[nH]c(=O)c2nn1-c1ccc(Cl)cc1Cl. The Labute approximate surface area is 231 Å². The van der Waals surface area contributed by atoms with Crippen LogP contribution >= 0.6 is 35.0 Å². The van der Waals surface area contributed by atoms with Crippen LogP contribution < -0.4 is 5.56 Å². The maximum absolute atomic E-state index is 12.7. The van der Waals surface area contributed by atoms with E-state index in [-0.39, 0.29) is 11.1 Å². The molecular formula is C27H19Cl2N7OS. The summed E-state index contributed by atoms with van der Waals surface area (Å²) in [5.41, 5.74) is 3.85. The first-order chi connectivity index (χ1) is 18.5. The molecule has 3 aromatic carbocycles. The molecule has 0 aliphatic heterocycles. The van der Waals surface area contributed by atoms with Gasteiger partial charge in [0.05, 0.1) is 27.5 Å². The number of H-pyrrole nitrogens is 1. The van der Waals surface area contributed by atoms with Gasteiger partial charge in [-0.25, -0.2) is 9.78 Å². The number of aromatic amines is 1. The van der Waals surface area contributed by atoms with Crippen LogP contribution in [0.3, 0.4) is 0 Å². The van der Waals surface area contributed by atoms with E-state index in [1.54, 1.807) is 22.9 Å². The molecule has 3 aromatic heterocycles. The van der Waals surface area contributed by atoms with Crippen molar-refractivity contribution < 1.29 is 0 Å². The lowest BCUT2D eigenvalue weighted by molar-refractivity contribution is 0.858. The maximum atomic E-state index is 12.7. The zero-order chi connectivity index (χ0) is 26.2. The van der Waals surface area contributed by atoms with E-state index in [1.165, 1.54) is 11.8 Å². The third-order valence-corrected chi connectivity index (χ3v) is 7.55. The molecule has 1 N–H and O–H groups in total. The van der Waals surface area contributed by atoms with Crippen LogP contribution in [0.5, 0.6) is 0 Å². The number of aromatic nitrogens is 7. The number of nitrogens with zero attached hydrogens (tertiary/aromatic N) is 6. The molecule has 0 fully saturated rings. The maximum Gasteiger partial charge on any atom is 0.292 e. The molecule has 0 aliphatic rings. The van der Waals surface area contributed by atoms with E-state index in [1.807, 2.05) is 72.2 Å². The van der Waals surface area contributed by atoms with Gasteiger partial charge in [-0.2, -0.15) is 10.2 Å². The molecule has 38 heavy (non-hydrogen) atoms. The molecule has 0 spiro atoms. The summed E-state index contributed by atoms with van der Waals surface area (Å²) in [4.78, 5) is 12.7. The summed E-state index contributed by atoms with van der Waals surface area (Å²) in [6, 6.07) is 25.0. The Balaban J connectivity index is 1.42. The van der Waals surface area contributed by atoms with Crippen LogP contribution in [0.1, 0.15) is 11.4 Å². The van der Waals surface area contributed by atoms with Crippen molar-refractivity contribution in [1.82, 2.24) is 34.7 Å². The van der Waals surface area contributed by atoms with E-state index in [0.29, 0.717) is 37.7 Å². The third kappa shape index (κ3) is 4.38. The van der Waals surface area contributed by atoms with Crippen molar-refractivity contribution in [2.24, 2.45) is 0 Å². The Kier molecular flexibility index (Phi) is 6.49. The topological polar surface area (TPSA) is 94.3 Å². The van der Waals surface area contributed by atoms with Crippen molar-refractivity contribution in [3.8, 4) is 22.8 Å². The molecule has 0 unspecified atom stereocenters. The lowest BCUT2D eigenvalue weighted by atomic mass is 10.2. The highest BCUT2D eigenvalue weighted by Gasteiger charge is 2.21. The number of para-hydroxylation sites is 1. The van der Waals surface area contributed by atoms with Gasteiger partial charge >= 0.3 is 0 Å². The van der Waals surface area contributed by atoms with Gasteiger partial charge < -0.3 is 0 Å². The van der Waals surface area contributed by atoms with Gasteiger partial charge in [-0.05, 0) is 37.3 Å². The summed E-state index contributed by atoms with van der Waals surface area (Å²) in [5.74, 6) is 1.16. The van der Waals surface area contributed by atoms with Gasteiger partial charge in [0.25, 0.3) is 5.56 Å². The normalized spacial score (nSPS) is 11.3. The standard InChI is InChI=1S/C27H19Cl2N7OS/c1-16-23-21(30-32-26(37)24(23)34-36(16)22-13-12-18(28)14-20(22)29)15-38-27-33-31-25(17-8-4-2-5-9-17)35(27)19-10-6-3-7-11-19/h2-14H,15H2,1H3,(H,32,37). The van der Waals surface area contributed by atoms with Gasteiger partial charge in [-0.1, -0.05) is 83.5 Å². The summed E-state index contributed by atoms with van der Waals surface area (Å²) in [6.07, 6.45) is 0. The van der Waals surface area contributed by atoms with Crippen LogP contribution in [-0.2, 0) is 5.75 Å². The molecule has 0 saturated carbocycles. The van der Waals surface area contributed by atoms with E-state index in [9.17, 15) is 4.79 Å². The van der Waals surface area contributed by atoms with Crippen molar-refractivity contribution in [3.63, 3.8) is 0 Å². The minimum absolute atomic E-state index is 0.286. The number of halogens is 2. The average molecular weight is 560 g/mol. The molecule has 0 amide bonds. The molecule has 6 aromatic rings. The fraction of sp³-hybridized carbons (Fsp3) is 0.0741. The molecule has 0 aliphatic carbocycles. The van der Waals surface area contributed by atoms with Gasteiger partial charge in [-0.3, -0.25) is 9.36 Å². The Bertz CT molecular complexity index is 1830. The molecule has 3 heterocycles. The summed E-state index contributed by atoms with van der Waals surface area (Å²) in [6.45, 7) is 1.88. The van der Waals surface area contributed by atoms with Gasteiger partial charge in [-0.15, -0.1) is 10.2 Å². The molecule has 0 bridgehead atoms. The summed E-state index contributed by atoms with van der Waals surface area (Å²) in [5, 5.41) is 22.8. The molecule has 0 saturated heterocycles. The van der Waals surface area contributed by atoms with Crippen molar-refractivity contribution >= 4 is 45.9 Å². The summed E-state index contributed by atoms with van der Waals surface area (Å²) >= 11 is 14.0. The van der Waals surface area contributed by atoms with E-state index in [4.69, 9.17) is 23.2 Å². The molecular weight excluding hydrogens is 541 g/mol. The quantitative estimate of drug-likeness (QED) is 0.242. The number of hydrogen-bond donors (Lipinski definition) is 1. The van der Waals surface area contributed by atoms with Crippen LogP contribution in [0.4, 0.5) is 0 Å². The number of thioether (sulfide) groups is 1. The first-order valence-corrected chi connectivity index (χ1v) is 13.4. The van der Waals surface area contributed by atoms with Crippen LogP contribution in [0.2, 0.25) is 10.0 Å². The van der Waals surface area contributed by atoms with Crippen molar-refractivity contribution in [1.29, 1.82) is 0 Å². The fourth-order valence-electron chi connectivity index (χ4n) is 4.31. The zero-order valence-electron chi connectivity index (χ0n) is 20.0. The third-order valence-electron chi connectivity index (χ3n) is 6.07. The summed E-state index contributed by atoms with van der Waals surface area (Å²) in [7, 11) is 0. The lowest BCUT2D eigenvalue weighted by Crippen LogP contribution is -2.11. The van der Waals surface area contributed by atoms with Crippen molar-refractivity contribution in [3.05, 3.63) is 111 Å². The number of aryl methyl sites for hydroxylation is 1. The van der Waals surface area contributed by atoms with Gasteiger partial charge in [0.2, 0.25) is 0 Å². The average Bonchev–Trinajstić information content (AvgIpc) is 3.52. The van der Waals surface area contributed by atoms with Gasteiger partial charge in [0.1, 0.15) is 0 Å². The van der Waals surface area contributed by atoms with Gasteiger partial charge in [0, 0.05) is 22.0 Å². The first-order valence-electron chi connectivity index (χ1n) is 11.6.